The zero-order chi connectivity index (χ0) is 13.8. The first-order chi connectivity index (χ1) is 9.11. The molecule has 0 unspecified atom stereocenters. The van der Waals surface area contributed by atoms with Crippen molar-refractivity contribution in [1.29, 1.82) is 0 Å². The molecule has 1 amide bonds. The highest BCUT2D eigenvalue weighted by Gasteiger charge is 2.16. The molecule has 4 N–H and O–H groups in total. The Labute approximate surface area is 110 Å². The number of H-pyrrole nitrogens is 1. The van der Waals surface area contributed by atoms with E-state index in [1.54, 1.807) is 30.1 Å². The number of rotatable bonds is 4. The summed E-state index contributed by atoms with van der Waals surface area (Å²) in [5, 5.41) is 6.75. The van der Waals surface area contributed by atoms with Gasteiger partial charge in [0.2, 0.25) is 0 Å². The first kappa shape index (κ1) is 13.0. The molecular formula is C12H16N6O. The van der Waals surface area contributed by atoms with Gasteiger partial charge < -0.3 is 10.3 Å². The predicted molar refractivity (Wildman–Crippen MR) is 71.2 cm³/mol. The lowest BCUT2D eigenvalue weighted by Crippen LogP contribution is -2.28. The minimum atomic E-state index is -0.143. The number of benzene rings is 1. The molecule has 1 heterocycles. The largest absolute Gasteiger partial charge is 0.334 e. The number of hydrogen-bond donors (Lipinski definition) is 3. The Morgan fingerprint density at radius 3 is 2.84 bits per heavy atom. The van der Waals surface area contributed by atoms with Crippen molar-refractivity contribution < 1.29 is 4.79 Å². The maximum Gasteiger partial charge on any atom is 0.256 e. The second kappa shape index (κ2) is 5.49. The molecule has 0 aliphatic rings. The fraction of sp³-hybridized carbons (Fsp3) is 0.250. The van der Waals surface area contributed by atoms with Crippen LogP contribution in [0.4, 0.5) is 5.69 Å². The molecule has 2 aromatic rings. The molecule has 0 spiro atoms. The van der Waals surface area contributed by atoms with E-state index in [4.69, 9.17) is 5.84 Å². The van der Waals surface area contributed by atoms with Crippen LogP contribution in [0.1, 0.15) is 22.0 Å². The van der Waals surface area contributed by atoms with Crippen molar-refractivity contribution in [2.45, 2.75) is 13.5 Å². The van der Waals surface area contributed by atoms with Gasteiger partial charge in [-0.05, 0) is 19.1 Å². The summed E-state index contributed by atoms with van der Waals surface area (Å²) in [6, 6.07) is 7.07. The molecule has 19 heavy (non-hydrogen) atoms. The van der Waals surface area contributed by atoms with Gasteiger partial charge in [0.25, 0.3) is 5.91 Å². The molecule has 0 saturated heterocycles. The lowest BCUT2D eigenvalue weighted by Gasteiger charge is -2.17. The van der Waals surface area contributed by atoms with Gasteiger partial charge in [0.1, 0.15) is 5.82 Å². The Kier molecular flexibility index (Phi) is 3.76. The van der Waals surface area contributed by atoms with Crippen LogP contribution in [0.25, 0.3) is 0 Å². The van der Waals surface area contributed by atoms with Crippen molar-refractivity contribution in [3.63, 3.8) is 0 Å². The number of carbonyl (C=O) groups excluding carboxylic acids is 1. The van der Waals surface area contributed by atoms with Crippen molar-refractivity contribution in [2.24, 2.45) is 5.84 Å². The van der Waals surface area contributed by atoms with Gasteiger partial charge in [0.15, 0.2) is 5.82 Å². The van der Waals surface area contributed by atoms with Crippen LogP contribution in [-0.4, -0.2) is 33.0 Å². The van der Waals surface area contributed by atoms with Gasteiger partial charge >= 0.3 is 0 Å². The smallest absolute Gasteiger partial charge is 0.256 e. The first-order valence-corrected chi connectivity index (χ1v) is 5.81. The summed E-state index contributed by atoms with van der Waals surface area (Å²) in [6.45, 7) is 2.15. The lowest BCUT2D eigenvalue weighted by molar-refractivity contribution is 0.0782. The Bertz CT molecular complexity index is 579. The van der Waals surface area contributed by atoms with Crippen molar-refractivity contribution in [3.8, 4) is 0 Å². The number of carbonyl (C=O) groups is 1. The number of nitrogen functional groups attached to an aromatic ring is 1. The van der Waals surface area contributed by atoms with Gasteiger partial charge in [-0.1, -0.05) is 12.1 Å². The van der Waals surface area contributed by atoms with Gasteiger partial charge in [-0.25, -0.2) is 4.98 Å². The molecule has 1 aromatic carbocycles. The summed E-state index contributed by atoms with van der Waals surface area (Å²) in [5.41, 5.74) is 3.62. The van der Waals surface area contributed by atoms with E-state index in [0.717, 1.165) is 5.82 Å². The van der Waals surface area contributed by atoms with Gasteiger partial charge in [-0.15, -0.1) is 0 Å². The molecule has 7 heteroatoms. The number of hydrogen-bond acceptors (Lipinski definition) is 5. The third-order valence-electron chi connectivity index (χ3n) is 2.68. The molecule has 7 nitrogen and oxygen atoms in total. The SMILES string of the molecule is Cc1nc(CN(C)C(=O)c2ccccc2NN)n[nH]1. The number of nitrogens with two attached hydrogens (primary N) is 1. The van der Waals surface area contributed by atoms with E-state index in [9.17, 15) is 4.79 Å². The number of nitrogens with zero attached hydrogens (tertiary/aromatic N) is 3. The van der Waals surface area contributed by atoms with Crippen LogP contribution in [0.15, 0.2) is 24.3 Å². The molecule has 0 radical (unpaired) electrons. The molecule has 0 aliphatic heterocycles. The highest BCUT2D eigenvalue weighted by Crippen LogP contribution is 2.16. The van der Waals surface area contributed by atoms with Crippen LogP contribution in [0.2, 0.25) is 0 Å². The number of hydrazine groups is 1. The fourth-order valence-corrected chi connectivity index (χ4v) is 1.74. The van der Waals surface area contributed by atoms with Crippen LogP contribution in [-0.2, 0) is 6.54 Å². The Morgan fingerprint density at radius 1 is 1.47 bits per heavy atom. The second-order valence-electron chi connectivity index (χ2n) is 4.19. The van der Waals surface area contributed by atoms with E-state index in [0.29, 0.717) is 23.6 Å². The summed E-state index contributed by atoms with van der Waals surface area (Å²) in [7, 11) is 1.70. The van der Waals surface area contributed by atoms with Crippen LogP contribution < -0.4 is 11.3 Å². The number of aromatic nitrogens is 3. The Balaban J connectivity index is 2.14. The van der Waals surface area contributed by atoms with E-state index in [1.165, 1.54) is 0 Å². The van der Waals surface area contributed by atoms with Crippen LogP contribution in [0.5, 0.6) is 0 Å². The topological polar surface area (TPSA) is 99.9 Å². The van der Waals surface area contributed by atoms with Crippen molar-refractivity contribution in [3.05, 3.63) is 41.5 Å². The number of nitrogens with one attached hydrogen (secondary N) is 2. The maximum absolute atomic E-state index is 12.3. The Hall–Kier alpha value is -2.41. The fourth-order valence-electron chi connectivity index (χ4n) is 1.74. The molecule has 0 bridgehead atoms. The van der Waals surface area contributed by atoms with Gasteiger partial charge in [0.05, 0.1) is 17.8 Å². The number of amides is 1. The summed E-state index contributed by atoms with van der Waals surface area (Å²) in [5.74, 6) is 6.55. The van der Waals surface area contributed by atoms with E-state index < -0.39 is 0 Å². The Morgan fingerprint density at radius 2 is 2.21 bits per heavy atom. The van der Waals surface area contributed by atoms with Crippen LogP contribution in [0.3, 0.4) is 0 Å². The molecule has 0 atom stereocenters. The monoisotopic (exact) mass is 260 g/mol. The van der Waals surface area contributed by atoms with Crippen molar-refractivity contribution >= 4 is 11.6 Å². The summed E-state index contributed by atoms with van der Waals surface area (Å²) < 4.78 is 0. The van der Waals surface area contributed by atoms with Gasteiger partial charge in [-0.2, -0.15) is 5.10 Å². The zero-order valence-corrected chi connectivity index (χ0v) is 10.8. The summed E-state index contributed by atoms with van der Waals surface area (Å²) in [4.78, 5) is 18.0. The quantitative estimate of drug-likeness (QED) is 0.554. The molecule has 1 aromatic heterocycles. The van der Waals surface area contributed by atoms with E-state index in [2.05, 4.69) is 20.6 Å². The van der Waals surface area contributed by atoms with Crippen molar-refractivity contribution in [2.75, 3.05) is 12.5 Å². The normalized spacial score (nSPS) is 10.3. The number of para-hydroxylation sites is 1. The number of anilines is 1. The molecule has 0 saturated carbocycles. The number of aryl methyl sites for hydroxylation is 1. The second-order valence-corrected chi connectivity index (χ2v) is 4.19. The zero-order valence-electron chi connectivity index (χ0n) is 10.8. The average Bonchev–Trinajstić information content (AvgIpc) is 2.83. The van der Waals surface area contributed by atoms with Crippen LogP contribution >= 0.6 is 0 Å². The lowest BCUT2D eigenvalue weighted by atomic mass is 10.1. The minimum absolute atomic E-state index is 0.143. The van der Waals surface area contributed by atoms with E-state index in [-0.39, 0.29) is 5.91 Å². The van der Waals surface area contributed by atoms with Crippen LogP contribution in [0, 0.1) is 6.92 Å². The summed E-state index contributed by atoms with van der Waals surface area (Å²) in [6.07, 6.45) is 0. The average molecular weight is 260 g/mol. The molecular weight excluding hydrogens is 244 g/mol. The molecule has 0 aliphatic carbocycles. The molecule has 2 rings (SSSR count). The highest BCUT2D eigenvalue weighted by molar-refractivity contribution is 5.99. The first-order valence-electron chi connectivity index (χ1n) is 5.81. The standard InChI is InChI=1S/C12H16N6O/c1-8-14-11(17-16-8)7-18(2)12(19)9-5-3-4-6-10(9)15-13/h3-6,15H,7,13H2,1-2H3,(H,14,16,17). The van der Waals surface area contributed by atoms with Gasteiger partial charge in [-0.3, -0.25) is 15.7 Å². The van der Waals surface area contributed by atoms with E-state index in [1.807, 2.05) is 13.0 Å². The van der Waals surface area contributed by atoms with Gasteiger partial charge in [0, 0.05) is 7.05 Å². The third kappa shape index (κ3) is 2.89. The van der Waals surface area contributed by atoms with Crippen molar-refractivity contribution in [1.82, 2.24) is 20.1 Å². The number of aromatic amines is 1. The third-order valence-corrected chi connectivity index (χ3v) is 2.68. The predicted octanol–water partition coefficient (Wildman–Crippen LogP) is 0.671. The maximum atomic E-state index is 12.3. The van der Waals surface area contributed by atoms with E-state index >= 15 is 0 Å². The minimum Gasteiger partial charge on any atom is -0.334 e. The molecule has 100 valence electrons. The highest BCUT2D eigenvalue weighted by atomic mass is 16.2. The summed E-state index contributed by atoms with van der Waals surface area (Å²) >= 11 is 0. The molecule has 0 fully saturated rings.